The molecule has 10 atom stereocenters. The number of thioether (sulfide) groups is 1. The Labute approximate surface area is 334 Å². The number of aliphatic hydroxyl groups excluding tert-OH is 2. The number of hydrogen-bond acceptors (Lipinski definition) is 14. The SMILES string of the molecule is COC1=C(O)C2(C)C(C=C1C)CC1(O)CN(C)[C@@H]2[C@@H]2[C@@H]3SC[C@]4(N[C@H](CO)Cc5c4[nH]c4ccccc54)C(=O)OCC(c4c5c(c(C)c(OC(C)=O)c43)OCO5)N21. The minimum absolute atomic E-state index is 0.0586. The fraction of sp³-hybridized carbons (Fsp3) is 0.524. The Bertz CT molecular complexity index is 2330. The number of aromatic nitrogens is 1. The smallest absolute Gasteiger partial charge is 0.333 e. The standard InChI is InChI=1S/C42H48N4O10S/c1-19-11-22-13-41(51)16-45(5)37(40(22,4)38(49)31(19)52-6)30-35-29-28(34-33(54-18-55-34)20(2)32(29)56-21(3)48)27(46(30)41)15-53-39(50)42(17-57-35)36-25(12-23(14-47)44-42)24-9-7-8-10-26(24)43-36/h7-11,22-23,27,30,35,37,43-44,47,49,51H,12-18H2,1-6H3/t22?,23-,27?,30-,35+,37+,40?,41?,42+/m0/s1. The predicted molar refractivity (Wildman–Crippen MR) is 209 cm³/mol. The number of aliphatic hydroxyl groups is 3. The van der Waals surface area contributed by atoms with Crippen LogP contribution in [0.4, 0.5) is 0 Å². The second-order valence-corrected chi connectivity index (χ2v) is 18.1. The zero-order chi connectivity index (χ0) is 39.9. The molecule has 3 aromatic rings. The van der Waals surface area contributed by atoms with Crippen molar-refractivity contribution in [3.63, 3.8) is 0 Å². The number of rotatable bonds is 3. The molecule has 0 amide bonds. The molecule has 302 valence electrons. The van der Waals surface area contributed by atoms with E-state index in [1.165, 1.54) is 18.7 Å². The molecule has 9 aliphatic rings. The third-order valence-corrected chi connectivity index (χ3v) is 15.4. The second-order valence-electron chi connectivity index (χ2n) is 17.0. The number of esters is 2. The molecule has 0 radical (unpaired) electrons. The summed E-state index contributed by atoms with van der Waals surface area (Å²) in [6.45, 7) is 6.95. The van der Waals surface area contributed by atoms with Crippen molar-refractivity contribution in [1.82, 2.24) is 20.1 Å². The van der Waals surface area contributed by atoms with E-state index in [1.807, 2.05) is 52.1 Å². The fourth-order valence-electron chi connectivity index (χ4n) is 11.7. The van der Waals surface area contributed by atoms with Gasteiger partial charge < -0.3 is 44.0 Å². The van der Waals surface area contributed by atoms with Crippen molar-refractivity contribution in [2.75, 3.05) is 46.5 Å². The third-order valence-electron chi connectivity index (χ3n) is 13.9. The summed E-state index contributed by atoms with van der Waals surface area (Å²) in [6, 6.07) is 5.66. The van der Waals surface area contributed by atoms with Gasteiger partial charge >= 0.3 is 11.9 Å². The number of para-hydroxylation sites is 1. The van der Waals surface area contributed by atoms with Gasteiger partial charge in [-0.15, -0.1) is 11.8 Å². The van der Waals surface area contributed by atoms with Crippen molar-refractivity contribution in [2.45, 2.75) is 81.2 Å². The maximum Gasteiger partial charge on any atom is 0.333 e. The van der Waals surface area contributed by atoms with Gasteiger partial charge in [-0.2, -0.15) is 0 Å². The number of methoxy groups -OCH3 is 1. The summed E-state index contributed by atoms with van der Waals surface area (Å²) in [4.78, 5) is 35.9. The lowest BCUT2D eigenvalue weighted by atomic mass is 9.63. The Hall–Kier alpha value is -4.25. The van der Waals surface area contributed by atoms with E-state index in [1.54, 1.807) is 7.11 Å². The third kappa shape index (κ3) is 4.84. The van der Waals surface area contributed by atoms with Crippen LogP contribution in [0.1, 0.15) is 66.4 Å². The number of carbonyl (C=O) groups excluding carboxylic acids is 2. The molecule has 14 nitrogen and oxygen atoms in total. The lowest BCUT2D eigenvalue weighted by molar-refractivity contribution is -0.216. The number of fused-ring (bicyclic) bond motifs is 8. The van der Waals surface area contributed by atoms with E-state index in [4.69, 9.17) is 23.7 Å². The number of hydrogen-bond donors (Lipinski definition) is 5. The Morgan fingerprint density at radius 3 is 2.67 bits per heavy atom. The normalized spacial score (nSPS) is 36.5. The largest absolute Gasteiger partial charge is 0.508 e. The number of likely N-dealkylation sites (N-methyl/N-ethyl adjacent to an activating group) is 1. The van der Waals surface area contributed by atoms with Gasteiger partial charge in [-0.25, -0.2) is 4.79 Å². The number of benzene rings is 2. The zero-order valence-corrected chi connectivity index (χ0v) is 33.6. The van der Waals surface area contributed by atoms with Crippen LogP contribution in [0, 0.1) is 18.3 Å². The van der Waals surface area contributed by atoms with Gasteiger partial charge in [0, 0.05) is 64.9 Å². The first-order chi connectivity index (χ1) is 27.3. The molecular formula is C42H48N4O10S. The van der Waals surface area contributed by atoms with Crippen molar-refractivity contribution in [3.05, 3.63) is 75.4 Å². The molecule has 8 aliphatic heterocycles. The summed E-state index contributed by atoms with van der Waals surface area (Å²) >= 11 is 1.50. The van der Waals surface area contributed by atoms with Gasteiger partial charge in [0.2, 0.25) is 6.79 Å². The first-order valence-electron chi connectivity index (χ1n) is 19.6. The first-order valence-corrected chi connectivity index (χ1v) is 20.6. The topological polar surface area (TPSA) is 175 Å². The van der Waals surface area contributed by atoms with Gasteiger partial charge in [-0.1, -0.05) is 31.2 Å². The molecule has 2 aromatic carbocycles. The van der Waals surface area contributed by atoms with E-state index in [0.717, 1.165) is 22.0 Å². The minimum Gasteiger partial charge on any atom is -0.508 e. The quantitative estimate of drug-likeness (QED) is 0.190. The van der Waals surface area contributed by atoms with Gasteiger partial charge in [0.25, 0.3) is 0 Å². The van der Waals surface area contributed by atoms with E-state index >= 15 is 4.79 Å². The van der Waals surface area contributed by atoms with Crippen LogP contribution in [0.3, 0.4) is 0 Å². The van der Waals surface area contributed by atoms with Gasteiger partial charge in [-0.3, -0.25) is 19.9 Å². The minimum atomic E-state index is -1.49. The van der Waals surface area contributed by atoms with E-state index in [-0.39, 0.29) is 50.4 Å². The van der Waals surface area contributed by atoms with Gasteiger partial charge in [0.1, 0.15) is 23.8 Å². The number of allylic oxidation sites excluding steroid dienone is 2. The van der Waals surface area contributed by atoms with E-state index < -0.39 is 58.0 Å². The van der Waals surface area contributed by atoms with Gasteiger partial charge in [0.05, 0.1) is 36.1 Å². The fourth-order valence-corrected chi connectivity index (χ4v) is 13.4. The lowest BCUT2D eigenvalue weighted by Gasteiger charge is -2.62. The molecule has 0 saturated carbocycles. The van der Waals surface area contributed by atoms with E-state index in [0.29, 0.717) is 51.8 Å². The number of nitrogens with one attached hydrogen (secondary N) is 2. The number of piperazine rings is 1. The molecule has 9 heterocycles. The number of carbonyl (C=O) groups is 2. The van der Waals surface area contributed by atoms with Crippen LogP contribution < -0.4 is 19.5 Å². The lowest BCUT2D eigenvalue weighted by Crippen LogP contribution is -2.73. The summed E-state index contributed by atoms with van der Waals surface area (Å²) in [5.74, 6) is 0.565. The predicted octanol–water partition coefficient (Wildman–Crippen LogP) is 3.99. The summed E-state index contributed by atoms with van der Waals surface area (Å²) < 4.78 is 30.9. The average Bonchev–Trinajstić information content (AvgIpc) is 3.79. The molecular weight excluding hydrogens is 753 g/mol. The van der Waals surface area contributed by atoms with Crippen LogP contribution >= 0.6 is 11.8 Å². The molecule has 15 heteroatoms. The molecule has 57 heavy (non-hydrogen) atoms. The van der Waals surface area contributed by atoms with Crippen LogP contribution in [0.2, 0.25) is 0 Å². The zero-order valence-electron chi connectivity index (χ0n) is 32.8. The van der Waals surface area contributed by atoms with Crippen LogP contribution in [0.15, 0.2) is 47.4 Å². The van der Waals surface area contributed by atoms with Crippen LogP contribution in [-0.4, -0.2) is 112 Å². The number of H-pyrrole nitrogens is 1. The summed E-state index contributed by atoms with van der Waals surface area (Å²) in [5, 5.41) is 40.3. The summed E-state index contributed by atoms with van der Waals surface area (Å²) in [7, 11) is 3.54. The molecule has 4 saturated heterocycles. The summed E-state index contributed by atoms with van der Waals surface area (Å²) in [6.07, 6.45) is 2.87. The Morgan fingerprint density at radius 2 is 1.91 bits per heavy atom. The molecule has 5 unspecified atom stereocenters. The Kier molecular flexibility index (Phi) is 8.21. The van der Waals surface area contributed by atoms with Crippen LogP contribution in [-0.2, 0) is 31.0 Å². The van der Waals surface area contributed by atoms with E-state index in [9.17, 15) is 20.1 Å². The number of aromatic amines is 1. The van der Waals surface area contributed by atoms with Crippen molar-refractivity contribution >= 4 is 34.6 Å². The van der Waals surface area contributed by atoms with Gasteiger partial charge in [-0.05, 0) is 56.9 Å². The first kappa shape index (κ1) is 37.0. The van der Waals surface area contributed by atoms with Crippen LogP contribution in [0.5, 0.6) is 17.2 Å². The molecule has 4 bridgehead atoms. The Morgan fingerprint density at radius 1 is 1.14 bits per heavy atom. The van der Waals surface area contributed by atoms with Crippen LogP contribution in [0.25, 0.3) is 10.9 Å². The van der Waals surface area contributed by atoms with Crippen molar-refractivity contribution < 1.29 is 48.6 Å². The van der Waals surface area contributed by atoms with Gasteiger partial charge in [0.15, 0.2) is 22.8 Å². The second kappa shape index (κ2) is 12.6. The molecule has 12 rings (SSSR count). The highest BCUT2D eigenvalue weighted by molar-refractivity contribution is 7.99. The highest BCUT2D eigenvalue weighted by atomic mass is 32.2. The van der Waals surface area contributed by atoms with E-state index in [2.05, 4.69) is 26.2 Å². The molecule has 1 aromatic heterocycles. The molecule has 4 fully saturated rings. The van der Waals surface area contributed by atoms with Crippen molar-refractivity contribution in [2.24, 2.45) is 11.3 Å². The Balaban J connectivity index is 1.25. The highest BCUT2D eigenvalue weighted by Crippen LogP contribution is 2.67. The summed E-state index contributed by atoms with van der Waals surface area (Å²) in [5.41, 5.74) is 1.36. The maximum absolute atomic E-state index is 15.0. The molecule has 5 N–H and O–H groups in total. The number of nitrogens with zero attached hydrogens (tertiary/aromatic N) is 2. The number of ether oxygens (including phenoxy) is 5. The average molecular weight is 801 g/mol. The van der Waals surface area contributed by atoms with Crippen molar-refractivity contribution in [1.29, 1.82) is 0 Å². The molecule has 1 spiro atoms. The highest BCUT2D eigenvalue weighted by Gasteiger charge is 2.69. The molecule has 1 aliphatic carbocycles. The van der Waals surface area contributed by atoms with Crippen molar-refractivity contribution in [3.8, 4) is 17.2 Å². The maximum atomic E-state index is 15.0. The monoisotopic (exact) mass is 800 g/mol.